The lowest BCUT2D eigenvalue weighted by Gasteiger charge is -2.22. The summed E-state index contributed by atoms with van der Waals surface area (Å²) in [6, 6.07) is 3.86. The molecule has 0 aliphatic carbocycles. The Morgan fingerprint density at radius 2 is 1.89 bits per heavy atom. The van der Waals surface area contributed by atoms with Crippen LogP contribution in [0.3, 0.4) is 0 Å². The zero-order valence-electron chi connectivity index (χ0n) is 11.4. The lowest BCUT2D eigenvalue weighted by atomic mass is 9.99. The molecular formula is C14H17N3O2. The van der Waals surface area contributed by atoms with Gasteiger partial charge < -0.3 is 15.2 Å². The highest BCUT2D eigenvalue weighted by molar-refractivity contribution is 5.72. The standard InChI is InChI=1S/C14H17N3O2/c1-8-9(2)14-12(18-4-5-19-14)6-10(8)11-7-13(15)17(3)16-11/h6-7H,4-5,15H2,1-3H3. The van der Waals surface area contributed by atoms with E-state index in [4.69, 9.17) is 15.2 Å². The van der Waals surface area contributed by atoms with Crippen molar-refractivity contribution in [3.05, 3.63) is 23.3 Å². The molecule has 1 aromatic heterocycles. The van der Waals surface area contributed by atoms with Crippen LogP contribution in [-0.4, -0.2) is 23.0 Å². The van der Waals surface area contributed by atoms with Gasteiger partial charge in [0, 0.05) is 18.7 Å². The molecule has 100 valence electrons. The number of nitrogens with zero attached hydrogens (tertiary/aromatic N) is 2. The lowest BCUT2D eigenvalue weighted by molar-refractivity contribution is 0.170. The van der Waals surface area contributed by atoms with E-state index in [9.17, 15) is 0 Å². The second-order valence-electron chi connectivity index (χ2n) is 4.78. The third-order valence-corrected chi connectivity index (χ3v) is 3.59. The van der Waals surface area contributed by atoms with Crippen LogP contribution in [0.5, 0.6) is 11.5 Å². The van der Waals surface area contributed by atoms with E-state index in [-0.39, 0.29) is 0 Å². The van der Waals surface area contributed by atoms with Crippen LogP contribution in [0.2, 0.25) is 0 Å². The predicted octanol–water partition coefficient (Wildman–Crippen LogP) is 2.06. The number of rotatable bonds is 1. The van der Waals surface area contributed by atoms with Gasteiger partial charge in [0.1, 0.15) is 19.0 Å². The van der Waals surface area contributed by atoms with E-state index >= 15 is 0 Å². The number of aryl methyl sites for hydroxylation is 1. The van der Waals surface area contributed by atoms with E-state index in [1.807, 2.05) is 26.1 Å². The number of fused-ring (bicyclic) bond motifs is 1. The second kappa shape index (κ2) is 4.19. The van der Waals surface area contributed by atoms with Crippen LogP contribution in [0.1, 0.15) is 11.1 Å². The minimum atomic E-state index is 0.583. The second-order valence-corrected chi connectivity index (χ2v) is 4.78. The Morgan fingerprint density at radius 3 is 2.58 bits per heavy atom. The van der Waals surface area contributed by atoms with Crippen molar-refractivity contribution in [3.8, 4) is 22.8 Å². The molecule has 2 N–H and O–H groups in total. The molecular weight excluding hydrogens is 242 g/mol. The van der Waals surface area contributed by atoms with Crippen molar-refractivity contribution in [2.45, 2.75) is 13.8 Å². The normalized spacial score (nSPS) is 13.6. The summed E-state index contributed by atoms with van der Waals surface area (Å²) in [5, 5.41) is 4.43. The number of nitrogens with two attached hydrogens (primary N) is 1. The van der Waals surface area contributed by atoms with Crippen LogP contribution in [0.15, 0.2) is 12.1 Å². The molecule has 0 amide bonds. The van der Waals surface area contributed by atoms with Crippen molar-refractivity contribution in [2.75, 3.05) is 18.9 Å². The predicted molar refractivity (Wildman–Crippen MR) is 73.5 cm³/mol. The number of ether oxygens (including phenoxy) is 2. The summed E-state index contributed by atoms with van der Waals surface area (Å²) in [4.78, 5) is 0. The van der Waals surface area contributed by atoms with Crippen molar-refractivity contribution in [2.24, 2.45) is 7.05 Å². The molecule has 0 atom stereocenters. The average molecular weight is 259 g/mol. The van der Waals surface area contributed by atoms with Gasteiger partial charge in [-0.2, -0.15) is 5.10 Å². The highest BCUT2D eigenvalue weighted by atomic mass is 16.6. The smallest absolute Gasteiger partial charge is 0.164 e. The number of benzene rings is 1. The lowest BCUT2D eigenvalue weighted by Crippen LogP contribution is -2.16. The first kappa shape index (κ1) is 11.9. The summed E-state index contributed by atoms with van der Waals surface area (Å²) in [6.45, 7) is 5.29. The van der Waals surface area contributed by atoms with Crippen molar-refractivity contribution in [3.63, 3.8) is 0 Å². The Kier molecular flexibility index (Phi) is 2.62. The number of nitrogen functional groups attached to an aromatic ring is 1. The molecule has 0 saturated carbocycles. The van der Waals surface area contributed by atoms with Gasteiger partial charge in [-0.15, -0.1) is 0 Å². The van der Waals surface area contributed by atoms with Crippen LogP contribution in [-0.2, 0) is 7.05 Å². The van der Waals surface area contributed by atoms with Crippen molar-refractivity contribution in [1.29, 1.82) is 0 Å². The molecule has 1 aliphatic rings. The summed E-state index contributed by atoms with van der Waals surface area (Å²) in [5.74, 6) is 2.27. The Bertz CT molecular complexity index is 627. The fraction of sp³-hybridized carbons (Fsp3) is 0.357. The highest BCUT2D eigenvalue weighted by Gasteiger charge is 2.20. The first-order valence-electron chi connectivity index (χ1n) is 6.27. The molecule has 3 rings (SSSR count). The maximum atomic E-state index is 5.85. The zero-order chi connectivity index (χ0) is 13.6. The van der Waals surface area contributed by atoms with Gasteiger partial charge in [-0.1, -0.05) is 0 Å². The van der Waals surface area contributed by atoms with Crippen molar-refractivity contribution >= 4 is 5.82 Å². The summed E-state index contributed by atoms with van der Waals surface area (Å²) in [6.07, 6.45) is 0. The van der Waals surface area contributed by atoms with E-state index in [0.717, 1.165) is 33.9 Å². The number of anilines is 1. The van der Waals surface area contributed by atoms with E-state index in [1.54, 1.807) is 4.68 Å². The summed E-state index contributed by atoms with van der Waals surface area (Å²) in [5.41, 5.74) is 9.98. The van der Waals surface area contributed by atoms with Crippen LogP contribution in [0.25, 0.3) is 11.3 Å². The van der Waals surface area contributed by atoms with E-state index in [1.165, 1.54) is 0 Å². The maximum absolute atomic E-state index is 5.85. The molecule has 1 aromatic carbocycles. The monoisotopic (exact) mass is 259 g/mol. The third-order valence-electron chi connectivity index (χ3n) is 3.59. The molecule has 0 saturated heterocycles. The van der Waals surface area contributed by atoms with Gasteiger partial charge in [-0.3, -0.25) is 4.68 Å². The van der Waals surface area contributed by atoms with Crippen LogP contribution in [0, 0.1) is 13.8 Å². The largest absolute Gasteiger partial charge is 0.486 e. The molecule has 0 radical (unpaired) electrons. The topological polar surface area (TPSA) is 62.3 Å². The maximum Gasteiger partial charge on any atom is 0.164 e. The number of hydrogen-bond acceptors (Lipinski definition) is 4. The molecule has 0 spiro atoms. The van der Waals surface area contributed by atoms with Gasteiger partial charge in [0.2, 0.25) is 0 Å². The Morgan fingerprint density at radius 1 is 1.16 bits per heavy atom. The highest BCUT2D eigenvalue weighted by Crippen LogP contribution is 2.40. The van der Waals surface area contributed by atoms with E-state index in [0.29, 0.717) is 19.0 Å². The first-order chi connectivity index (χ1) is 9.08. The summed E-state index contributed by atoms with van der Waals surface area (Å²) in [7, 11) is 1.83. The van der Waals surface area contributed by atoms with Gasteiger partial charge in [0.05, 0.1) is 5.69 Å². The molecule has 5 nitrogen and oxygen atoms in total. The molecule has 1 aliphatic heterocycles. The van der Waals surface area contributed by atoms with Crippen LogP contribution in [0.4, 0.5) is 5.82 Å². The average Bonchev–Trinajstić information content (AvgIpc) is 2.74. The third kappa shape index (κ3) is 1.82. The van der Waals surface area contributed by atoms with Crippen LogP contribution >= 0.6 is 0 Å². The van der Waals surface area contributed by atoms with E-state index in [2.05, 4.69) is 12.0 Å². The minimum Gasteiger partial charge on any atom is -0.486 e. The fourth-order valence-electron chi connectivity index (χ4n) is 2.32. The van der Waals surface area contributed by atoms with Gasteiger partial charge in [-0.25, -0.2) is 0 Å². The van der Waals surface area contributed by atoms with Gasteiger partial charge in [0.25, 0.3) is 0 Å². The minimum absolute atomic E-state index is 0.583. The number of aromatic nitrogens is 2. The first-order valence-corrected chi connectivity index (χ1v) is 6.27. The summed E-state index contributed by atoms with van der Waals surface area (Å²) < 4.78 is 13.0. The molecule has 19 heavy (non-hydrogen) atoms. The fourth-order valence-corrected chi connectivity index (χ4v) is 2.32. The van der Waals surface area contributed by atoms with Crippen LogP contribution < -0.4 is 15.2 Å². The molecule has 0 unspecified atom stereocenters. The van der Waals surface area contributed by atoms with Gasteiger partial charge >= 0.3 is 0 Å². The Labute approximate surface area is 111 Å². The van der Waals surface area contributed by atoms with E-state index < -0.39 is 0 Å². The molecule has 0 fully saturated rings. The van der Waals surface area contributed by atoms with Crippen molar-refractivity contribution in [1.82, 2.24) is 9.78 Å². The molecule has 2 heterocycles. The van der Waals surface area contributed by atoms with Crippen molar-refractivity contribution < 1.29 is 9.47 Å². The van der Waals surface area contributed by atoms with Gasteiger partial charge in [-0.05, 0) is 31.0 Å². The Balaban J connectivity index is 2.19. The van der Waals surface area contributed by atoms with Gasteiger partial charge in [0.15, 0.2) is 11.5 Å². The SMILES string of the molecule is Cc1c(-c2cc(N)n(C)n2)cc2c(c1C)OCCO2. The summed E-state index contributed by atoms with van der Waals surface area (Å²) >= 11 is 0. The zero-order valence-corrected chi connectivity index (χ0v) is 11.4. The molecule has 5 heteroatoms. The quantitative estimate of drug-likeness (QED) is 0.851. The number of hydrogen-bond donors (Lipinski definition) is 1. The molecule has 2 aromatic rings. The molecule has 0 bridgehead atoms. The Hall–Kier alpha value is -2.17.